The van der Waals surface area contributed by atoms with E-state index in [1.54, 1.807) is 6.07 Å². The number of piperidine rings is 1. The molecule has 5 nitrogen and oxygen atoms in total. The zero-order valence-electron chi connectivity index (χ0n) is 13.5. The molecule has 1 aromatic carbocycles. The molecule has 0 saturated carbocycles. The van der Waals surface area contributed by atoms with Crippen LogP contribution in [0.2, 0.25) is 0 Å². The number of fused-ring (bicyclic) bond motifs is 1. The highest BCUT2D eigenvalue weighted by molar-refractivity contribution is 5.95. The molecule has 0 aliphatic carbocycles. The van der Waals surface area contributed by atoms with E-state index < -0.39 is 0 Å². The first-order valence-corrected chi connectivity index (χ1v) is 8.09. The molecule has 2 heterocycles. The van der Waals surface area contributed by atoms with Crippen LogP contribution in [0.1, 0.15) is 36.5 Å². The van der Waals surface area contributed by atoms with Gasteiger partial charge in [0.15, 0.2) is 11.5 Å². The SMILES string of the molecule is CC(N)C1CCN(C(=O)c2ccc3c(c2)OCCCO3)CC1.Cl. The third-order valence-corrected chi connectivity index (χ3v) is 4.56. The van der Waals surface area contributed by atoms with Crippen LogP contribution < -0.4 is 15.2 Å². The van der Waals surface area contributed by atoms with Crippen molar-refractivity contribution >= 4 is 18.3 Å². The minimum Gasteiger partial charge on any atom is -0.490 e. The van der Waals surface area contributed by atoms with E-state index in [4.69, 9.17) is 15.2 Å². The lowest BCUT2D eigenvalue weighted by Gasteiger charge is -2.33. The summed E-state index contributed by atoms with van der Waals surface area (Å²) in [5, 5.41) is 0. The molecule has 1 saturated heterocycles. The molecule has 2 aliphatic rings. The van der Waals surface area contributed by atoms with Gasteiger partial charge in [-0.1, -0.05) is 0 Å². The van der Waals surface area contributed by atoms with E-state index in [1.807, 2.05) is 24.0 Å². The lowest BCUT2D eigenvalue weighted by atomic mass is 9.90. The average Bonchev–Trinajstić information content (AvgIpc) is 2.78. The Balaban J connectivity index is 0.00000192. The molecule has 0 spiro atoms. The van der Waals surface area contributed by atoms with Gasteiger partial charge < -0.3 is 20.1 Å². The van der Waals surface area contributed by atoms with Gasteiger partial charge in [0.2, 0.25) is 0 Å². The zero-order valence-corrected chi connectivity index (χ0v) is 14.3. The van der Waals surface area contributed by atoms with E-state index in [-0.39, 0.29) is 24.4 Å². The normalized spacial score (nSPS) is 19.5. The quantitative estimate of drug-likeness (QED) is 0.898. The average molecular weight is 341 g/mol. The molecular weight excluding hydrogens is 316 g/mol. The van der Waals surface area contributed by atoms with Crippen LogP contribution >= 0.6 is 12.4 Å². The Morgan fingerprint density at radius 3 is 2.52 bits per heavy atom. The van der Waals surface area contributed by atoms with Crippen molar-refractivity contribution in [2.24, 2.45) is 11.7 Å². The third kappa shape index (κ3) is 4.09. The summed E-state index contributed by atoms with van der Waals surface area (Å²) in [6.45, 7) is 4.89. The molecular formula is C17H25ClN2O3. The second kappa shape index (κ2) is 7.88. The number of carbonyl (C=O) groups excluding carboxylic acids is 1. The Morgan fingerprint density at radius 2 is 1.87 bits per heavy atom. The van der Waals surface area contributed by atoms with Crippen molar-refractivity contribution in [2.75, 3.05) is 26.3 Å². The third-order valence-electron chi connectivity index (χ3n) is 4.56. The number of hydrogen-bond donors (Lipinski definition) is 1. The van der Waals surface area contributed by atoms with Gasteiger partial charge in [0.1, 0.15) is 0 Å². The van der Waals surface area contributed by atoms with Crippen LogP contribution in [0.5, 0.6) is 11.5 Å². The second-order valence-electron chi connectivity index (χ2n) is 6.20. The van der Waals surface area contributed by atoms with Gasteiger partial charge in [-0.2, -0.15) is 0 Å². The van der Waals surface area contributed by atoms with E-state index in [2.05, 4.69) is 0 Å². The van der Waals surface area contributed by atoms with E-state index >= 15 is 0 Å². The molecule has 0 radical (unpaired) electrons. The van der Waals surface area contributed by atoms with Gasteiger partial charge in [-0.25, -0.2) is 0 Å². The summed E-state index contributed by atoms with van der Waals surface area (Å²) in [5.41, 5.74) is 6.63. The molecule has 1 atom stereocenters. The van der Waals surface area contributed by atoms with Gasteiger partial charge in [0, 0.05) is 31.1 Å². The molecule has 23 heavy (non-hydrogen) atoms. The summed E-state index contributed by atoms with van der Waals surface area (Å²) in [7, 11) is 0. The monoisotopic (exact) mass is 340 g/mol. The Kier molecular flexibility index (Phi) is 6.13. The number of nitrogens with two attached hydrogens (primary N) is 1. The summed E-state index contributed by atoms with van der Waals surface area (Å²) in [4.78, 5) is 14.6. The molecule has 1 unspecified atom stereocenters. The molecule has 6 heteroatoms. The lowest BCUT2D eigenvalue weighted by Crippen LogP contribution is -2.42. The summed E-state index contributed by atoms with van der Waals surface area (Å²) < 4.78 is 11.3. The highest BCUT2D eigenvalue weighted by atomic mass is 35.5. The fourth-order valence-corrected chi connectivity index (χ4v) is 3.11. The minimum absolute atomic E-state index is 0. The van der Waals surface area contributed by atoms with E-state index in [0.29, 0.717) is 30.4 Å². The van der Waals surface area contributed by atoms with Crippen molar-refractivity contribution in [3.05, 3.63) is 23.8 Å². The van der Waals surface area contributed by atoms with Gasteiger partial charge in [-0.3, -0.25) is 4.79 Å². The predicted octanol–water partition coefficient (Wildman–Crippen LogP) is 2.47. The van der Waals surface area contributed by atoms with E-state index in [9.17, 15) is 4.79 Å². The first-order chi connectivity index (χ1) is 10.6. The van der Waals surface area contributed by atoms with Crippen LogP contribution in [-0.4, -0.2) is 43.2 Å². The molecule has 2 aliphatic heterocycles. The van der Waals surface area contributed by atoms with Gasteiger partial charge in [0.05, 0.1) is 13.2 Å². The Labute approximate surface area is 143 Å². The number of carbonyl (C=O) groups is 1. The number of likely N-dealkylation sites (tertiary alicyclic amines) is 1. The van der Waals surface area contributed by atoms with Gasteiger partial charge in [0.25, 0.3) is 5.91 Å². The van der Waals surface area contributed by atoms with Crippen molar-refractivity contribution in [2.45, 2.75) is 32.2 Å². The predicted molar refractivity (Wildman–Crippen MR) is 91.6 cm³/mol. The molecule has 2 N–H and O–H groups in total. The first kappa shape index (κ1) is 17.9. The molecule has 3 rings (SSSR count). The fraction of sp³-hybridized carbons (Fsp3) is 0.588. The van der Waals surface area contributed by atoms with Crippen LogP contribution in [-0.2, 0) is 0 Å². The number of amides is 1. The number of rotatable bonds is 2. The lowest BCUT2D eigenvalue weighted by molar-refractivity contribution is 0.0680. The van der Waals surface area contributed by atoms with Crippen molar-refractivity contribution < 1.29 is 14.3 Å². The summed E-state index contributed by atoms with van der Waals surface area (Å²) >= 11 is 0. The van der Waals surface area contributed by atoms with Gasteiger partial charge in [-0.05, 0) is 43.9 Å². The molecule has 128 valence electrons. The molecule has 0 aromatic heterocycles. The topological polar surface area (TPSA) is 64.8 Å². The van der Waals surface area contributed by atoms with Crippen LogP contribution in [0, 0.1) is 5.92 Å². The largest absolute Gasteiger partial charge is 0.490 e. The number of ether oxygens (including phenoxy) is 2. The van der Waals surface area contributed by atoms with Crippen LogP contribution in [0.4, 0.5) is 0 Å². The number of benzene rings is 1. The maximum atomic E-state index is 12.6. The molecule has 1 fully saturated rings. The standard InChI is InChI=1S/C17H24N2O3.ClH/c1-12(18)13-5-7-19(8-6-13)17(20)14-3-4-15-16(11-14)22-10-2-9-21-15;/h3-4,11-13H,2,5-10,18H2,1H3;1H. The van der Waals surface area contributed by atoms with Crippen LogP contribution in [0.15, 0.2) is 18.2 Å². The first-order valence-electron chi connectivity index (χ1n) is 8.09. The number of halogens is 1. The van der Waals surface area contributed by atoms with Crippen molar-refractivity contribution in [3.63, 3.8) is 0 Å². The Bertz CT molecular complexity index is 543. The van der Waals surface area contributed by atoms with E-state index in [1.165, 1.54) is 0 Å². The smallest absolute Gasteiger partial charge is 0.253 e. The Morgan fingerprint density at radius 1 is 1.22 bits per heavy atom. The van der Waals surface area contributed by atoms with Crippen molar-refractivity contribution in [3.8, 4) is 11.5 Å². The highest BCUT2D eigenvalue weighted by Gasteiger charge is 2.26. The fourth-order valence-electron chi connectivity index (χ4n) is 3.11. The number of hydrogen-bond acceptors (Lipinski definition) is 4. The number of nitrogens with zero attached hydrogens (tertiary/aromatic N) is 1. The maximum Gasteiger partial charge on any atom is 0.253 e. The summed E-state index contributed by atoms with van der Waals surface area (Å²) in [6, 6.07) is 5.67. The summed E-state index contributed by atoms with van der Waals surface area (Å²) in [6.07, 6.45) is 2.82. The Hall–Kier alpha value is -1.46. The minimum atomic E-state index is 0. The molecule has 1 aromatic rings. The van der Waals surface area contributed by atoms with Crippen LogP contribution in [0.25, 0.3) is 0 Å². The second-order valence-corrected chi connectivity index (χ2v) is 6.20. The molecule has 0 bridgehead atoms. The zero-order chi connectivity index (χ0) is 15.5. The highest BCUT2D eigenvalue weighted by Crippen LogP contribution is 2.31. The van der Waals surface area contributed by atoms with Gasteiger partial charge in [-0.15, -0.1) is 12.4 Å². The van der Waals surface area contributed by atoms with Crippen molar-refractivity contribution in [1.29, 1.82) is 0 Å². The maximum absolute atomic E-state index is 12.6. The summed E-state index contributed by atoms with van der Waals surface area (Å²) in [5.74, 6) is 1.99. The van der Waals surface area contributed by atoms with Gasteiger partial charge >= 0.3 is 0 Å². The van der Waals surface area contributed by atoms with Crippen molar-refractivity contribution in [1.82, 2.24) is 4.90 Å². The molecule has 1 amide bonds. The van der Waals surface area contributed by atoms with E-state index in [0.717, 1.165) is 38.1 Å². The van der Waals surface area contributed by atoms with Crippen LogP contribution in [0.3, 0.4) is 0 Å².